The van der Waals surface area contributed by atoms with Gasteiger partial charge in [-0.2, -0.15) is 3.97 Å². The molecule has 3 nitrogen and oxygen atoms in total. The monoisotopic (exact) mass is 308 g/mol. The molecule has 0 saturated carbocycles. The van der Waals surface area contributed by atoms with Crippen LogP contribution >= 0.6 is 0 Å². The van der Waals surface area contributed by atoms with Gasteiger partial charge in [0, 0.05) is 11.1 Å². The highest BCUT2D eigenvalue weighted by Gasteiger charge is 2.19. The van der Waals surface area contributed by atoms with Crippen LogP contribution in [0.15, 0.2) is 79.5 Å². The molecule has 2 aromatic carbocycles. The van der Waals surface area contributed by atoms with Crippen LogP contribution in [0.3, 0.4) is 0 Å². The molecule has 0 amide bonds. The van der Waals surface area contributed by atoms with Crippen LogP contribution in [-0.4, -0.2) is 19.3 Å². The predicted molar refractivity (Wildman–Crippen MR) is 91.7 cm³/mol. The molecule has 0 spiro atoms. The highest BCUT2D eigenvalue weighted by atomic mass is 32.2. The average molecular weight is 308 g/mol. The second-order valence-corrected chi connectivity index (χ2v) is 6.15. The topological polar surface area (TPSA) is 40.9 Å². The van der Waals surface area contributed by atoms with Crippen LogP contribution in [0.2, 0.25) is 0 Å². The zero-order valence-electron chi connectivity index (χ0n) is 12.1. The van der Waals surface area contributed by atoms with Gasteiger partial charge in [0.15, 0.2) is 5.82 Å². The van der Waals surface area contributed by atoms with Gasteiger partial charge in [-0.1, -0.05) is 67.2 Å². The minimum absolute atomic E-state index is 0.393. The summed E-state index contributed by atoms with van der Waals surface area (Å²) in [5, 5.41) is 0. The van der Waals surface area contributed by atoms with E-state index in [1.54, 1.807) is 10.0 Å². The summed E-state index contributed by atoms with van der Waals surface area (Å²) >= 11 is -1.21. The summed E-state index contributed by atoms with van der Waals surface area (Å²) in [5.74, 6) is 1.10. The minimum atomic E-state index is -1.21. The van der Waals surface area contributed by atoms with E-state index in [1.807, 2.05) is 66.9 Å². The zero-order valence-corrected chi connectivity index (χ0v) is 12.9. The molecule has 110 valence electrons. The Bertz CT molecular complexity index is 753. The number of imidazole rings is 1. The Kier molecular flexibility index (Phi) is 4.42. The predicted octanol–water partition coefficient (Wildman–Crippen LogP) is 3.91. The van der Waals surface area contributed by atoms with Crippen LogP contribution in [0.25, 0.3) is 22.6 Å². The van der Waals surface area contributed by atoms with Gasteiger partial charge in [0.2, 0.25) is 0 Å². The van der Waals surface area contributed by atoms with Gasteiger partial charge in [0.25, 0.3) is 0 Å². The summed E-state index contributed by atoms with van der Waals surface area (Å²) in [6.45, 7) is 3.67. The molecule has 3 aromatic rings. The molecule has 1 unspecified atom stereocenters. The number of benzene rings is 2. The fourth-order valence-corrected chi connectivity index (χ4v) is 3.15. The normalized spacial score (nSPS) is 12.0. The number of rotatable bonds is 5. The number of hydrogen-bond acceptors (Lipinski definition) is 2. The molecule has 1 aromatic heterocycles. The summed E-state index contributed by atoms with van der Waals surface area (Å²) in [4.78, 5) is 4.69. The maximum absolute atomic E-state index is 12.4. The highest BCUT2D eigenvalue weighted by Crippen LogP contribution is 2.26. The van der Waals surface area contributed by atoms with Gasteiger partial charge in [-0.3, -0.25) is 0 Å². The molecule has 0 aliphatic rings. The van der Waals surface area contributed by atoms with E-state index < -0.39 is 11.4 Å². The lowest BCUT2D eigenvalue weighted by Gasteiger charge is -2.10. The molecule has 0 radical (unpaired) electrons. The van der Waals surface area contributed by atoms with Gasteiger partial charge < -0.3 is 4.55 Å². The van der Waals surface area contributed by atoms with Crippen molar-refractivity contribution in [2.75, 3.05) is 5.75 Å². The summed E-state index contributed by atoms with van der Waals surface area (Å²) < 4.78 is 14.2. The molecular formula is C18H16N2OS. The van der Waals surface area contributed by atoms with Crippen LogP contribution < -0.4 is 0 Å². The lowest BCUT2D eigenvalue weighted by molar-refractivity contribution is 0.590. The largest absolute Gasteiger partial charge is 0.592 e. The van der Waals surface area contributed by atoms with E-state index in [0.29, 0.717) is 11.6 Å². The molecule has 0 fully saturated rings. The van der Waals surface area contributed by atoms with E-state index >= 15 is 0 Å². The summed E-state index contributed by atoms with van der Waals surface area (Å²) in [6.07, 6.45) is 3.50. The second kappa shape index (κ2) is 6.64. The van der Waals surface area contributed by atoms with Crippen molar-refractivity contribution in [1.82, 2.24) is 8.96 Å². The second-order valence-electron chi connectivity index (χ2n) is 4.78. The lowest BCUT2D eigenvalue weighted by atomic mass is 10.2. The number of aromatic nitrogens is 2. The smallest absolute Gasteiger partial charge is 0.186 e. The molecule has 1 heterocycles. The highest BCUT2D eigenvalue weighted by molar-refractivity contribution is 7.90. The van der Waals surface area contributed by atoms with E-state index in [-0.39, 0.29) is 0 Å². The van der Waals surface area contributed by atoms with E-state index in [4.69, 9.17) is 0 Å². The Hall–Kier alpha value is -2.30. The zero-order chi connectivity index (χ0) is 15.4. The van der Waals surface area contributed by atoms with Crippen LogP contribution in [0.1, 0.15) is 0 Å². The number of nitrogens with zero attached hydrogens (tertiary/aromatic N) is 2. The van der Waals surface area contributed by atoms with E-state index in [0.717, 1.165) is 16.8 Å². The molecule has 0 N–H and O–H groups in total. The van der Waals surface area contributed by atoms with Gasteiger partial charge in [-0.05, 0) is 6.08 Å². The summed E-state index contributed by atoms with van der Waals surface area (Å²) in [5.41, 5.74) is 2.77. The van der Waals surface area contributed by atoms with E-state index in [1.165, 1.54) is 0 Å². The molecule has 0 saturated heterocycles. The van der Waals surface area contributed by atoms with Crippen molar-refractivity contribution in [3.8, 4) is 22.6 Å². The maximum atomic E-state index is 12.4. The van der Waals surface area contributed by atoms with Gasteiger partial charge in [-0.25, -0.2) is 4.98 Å². The van der Waals surface area contributed by atoms with Crippen LogP contribution in [0.5, 0.6) is 0 Å². The van der Waals surface area contributed by atoms with Crippen LogP contribution in [0.4, 0.5) is 0 Å². The molecule has 0 aliphatic carbocycles. The Balaban J connectivity index is 2.11. The maximum Gasteiger partial charge on any atom is 0.186 e. The van der Waals surface area contributed by atoms with Gasteiger partial charge in [-0.15, -0.1) is 0 Å². The SMILES string of the molecule is C=CC[S+]([O-])n1cc(-c2ccccc2)nc1-c1ccccc1. The molecule has 22 heavy (non-hydrogen) atoms. The number of hydrogen-bond donors (Lipinski definition) is 0. The van der Waals surface area contributed by atoms with Crippen molar-refractivity contribution < 1.29 is 4.55 Å². The molecule has 0 aliphatic heterocycles. The first kappa shape index (κ1) is 14.6. The molecule has 4 heteroatoms. The van der Waals surface area contributed by atoms with Crippen molar-refractivity contribution in [3.05, 3.63) is 79.5 Å². The third-order valence-corrected chi connectivity index (χ3v) is 4.49. The van der Waals surface area contributed by atoms with Crippen LogP contribution in [0, 0.1) is 0 Å². The third-order valence-electron chi connectivity index (χ3n) is 3.26. The Morgan fingerprint density at radius 2 is 1.59 bits per heavy atom. The van der Waals surface area contributed by atoms with Crippen LogP contribution in [-0.2, 0) is 11.4 Å². The fourth-order valence-electron chi connectivity index (χ4n) is 2.23. The standard InChI is InChI=1S/C18H16N2OS/c1-2-13-22(21)20-14-17(15-9-5-3-6-10-15)19-18(20)16-11-7-4-8-12-16/h2-12,14H,1,13H2. The van der Waals surface area contributed by atoms with Gasteiger partial charge in [0.1, 0.15) is 5.75 Å². The van der Waals surface area contributed by atoms with Crippen molar-refractivity contribution >= 4 is 11.4 Å². The summed E-state index contributed by atoms with van der Waals surface area (Å²) in [6, 6.07) is 19.7. The summed E-state index contributed by atoms with van der Waals surface area (Å²) in [7, 11) is 0. The first-order valence-electron chi connectivity index (χ1n) is 6.99. The van der Waals surface area contributed by atoms with Crippen molar-refractivity contribution in [2.24, 2.45) is 0 Å². The van der Waals surface area contributed by atoms with Gasteiger partial charge >= 0.3 is 0 Å². The molecule has 3 rings (SSSR count). The van der Waals surface area contributed by atoms with Crippen molar-refractivity contribution in [1.29, 1.82) is 0 Å². The van der Waals surface area contributed by atoms with Crippen molar-refractivity contribution in [2.45, 2.75) is 0 Å². The van der Waals surface area contributed by atoms with Crippen molar-refractivity contribution in [3.63, 3.8) is 0 Å². The average Bonchev–Trinajstić information content (AvgIpc) is 3.02. The van der Waals surface area contributed by atoms with E-state index in [2.05, 4.69) is 11.6 Å². The quantitative estimate of drug-likeness (QED) is 0.529. The lowest BCUT2D eigenvalue weighted by Crippen LogP contribution is -2.15. The minimum Gasteiger partial charge on any atom is -0.592 e. The first-order valence-corrected chi connectivity index (χ1v) is 8.27. The molecular weight excluding hydrogens is 292 g/mol. The fraction of sp³-hybridized carbons (Fsp3) is 0.0556. The molecule has 1 atom stereocenters. The third kappa shape index (κ3) is 2.98. The Labute approximate surface area is 133 Å². The molecule has 0 bridgehead atoms. The van der Waals surface area contributed by atoms with E-state index in [9.17, 15) is 4.55 Å². The Morgan fingerprint density at radius 1 is 1.00 bits per heavy atom. The van der Waals surface area contributed by atoms with Gasteiger partial charge in [0.05, 0.1) is 23.3 Å². The first-order chi connectivity index (χ1) is 10.8. The Morgan fingerprint density at radius 3 is 2.18 bits per heavy atom.